The van der Waals surface area contributed by atoms with Crippen LogP contribution in [-0.2, 0) is 9.84 Å². The van der Waals surface area contributed by atoms with Crippen molar-refractivity contribution in [2.45, 2.75) is 12.5 Å². The normalized spacial score (nSPS) is 17.7. The van der Waals surface area contributed by atoms with Crippen molar-refractivity contribution in [2.75, 3.05) is 16.8 Å². The number of carbonyl (C=O) groups excluding carboxylic acids is 2. The van der Waals surface area contributed by atoms with E-state index >= 15 is 0 Å². The number of rotatable bonds is 4. The van der Waals surface area contributed by atoms with Gasteiger partial charge in [0, 0.05) is 22.9 Å². The molecule has 0 saturated carbocycles. The van der Waals surface area contributed by atoms with E-state index in [1.165, 1.54) is 24.3 Å². The Morgan fingerprint density at radius 1 is 0.963 bits per heavy atom. The molecule has 1 atom stereocenters. The minimum absolute atomic E-state index is 0.0379. The van der Waals surface area contributed by atoms with Gasteiger partial charge in [-0.3, -0.25) is 9.59 Å². The van der Waals surface area contributed by atoms with Gasteiger partial charge in [0.2, 0.25) is 0 Å². The minimum Gasteiger partial charge on any atom is -0.348 e. The summed E-state index contributed by atoms with van der Waals surface area (Å²) in [5, 5.41) is 14.2. The molecule has 1 heterocycles. The lowest BCUT2D eigenvalue weighted by Gasteiger charge is -2.11. The van der Waals surface area contributed by atoms with Gasteiger partial charge in [-0.2, -0.15) is 5.26 Å². The van der Waals surface area contributed by atoms with Gasteiger partial charge in [-0.05, 0) is 55.0 Å². The van der Waals surface area contributed by atoms with E-state index in [0.29, 0.717) is 28.8 Å². The van der Waals surface area contributed by atoms with E-state index in [-0.39, 0.29) is 29.4 Å². The number of carbonyl (C=O) groups is 2. The fraction of sp³-hybridized carbons (Fsp3) is 0.211. The molecule has 0 bridgehead atoms. The molecule has 2 N–H and O–H groups in total. The highest BCUT2D eigenvalue weighted by Gasteiger charge is 2.29. The molecular weight excluding hydrogens is 366 g/mol. The van der Waals surface area contributed by atoms with E-state index in [4.69, 9.17) is 5.26 Å². The first-order chi connectivity index (χ1) is 12.9. The van der Waals surface area contributed by atoms with Crippen LogP contribution in [0.1, 0.15) is 32.7 Å². The van der Waals surface area contributed by atoms with Crippen LogP contribution in [0, 0.1) is 11.3 Å². The van der Waals surface area contributed by atoms with E-state index in [1.807, 2.05) is 6.07 Å². The van der Waals surface area contributed by atoms with Crippen LogP contribution in [0.3, 0.4) is 0 Å². The first-order valence-corrected chi connectivity index (χ1v) is 10.1. The lowest BCUT2D eigenvalue weighted by atomic mass is 10.1. The number of hydrogen-bond donors (Lipinski definition) is 2. The molecule has 0 radical (unpaired) electrons. The molecule has 3 rings (SSSR count). The number of hydrogen-bond acceptors (Lipinski definition) is 5. The zero-order valence-electron chi connectivity index (χ0n) is 14.3. The summed E-state index contributed by atoms with van der Waals surface area (Å²) in [6.07, 6.45) is 0.416. The van der Waals surface area contributed by atoms with Crippen molar-refractivity contribution in [3.8, 4) is 6.07 Å². The van der Waals surface area contributed by atoms with Crippen molar-refractivity contribution in [3.05, 3.63) is 65.2 Å². The highest BCUT2D eigenvalue weighted by molar-refractivity contribution is 7.91. The lowest BCUT2D eigenvalue weighted by Crippen LogP contribution is -2.35. The second-order valence-corrected chi connectivity index (χ2v) is 8.52. The van der Waals surface area contributed by atoms with Crippen LogP contribution in [0.5, 0.6) is 0 Å². The predicted octanol–water partition coefficient (Wildman–Crippen LogP) is 1.73. The van der Waals surface area contributed by atoms with Crippen molar-refractivity contribution in [1.29, 1.82) is 5.26 Å². The summed E-state index contributed by atoms with van der Waals surface area (Å²) in [5.41, 5.74) is 1.79. The zero-order valence-corrected chi connectivity index (χ0v) is 15.1. The van der Waals surface area contributed by atoms with Gasteiger partial charge in [0.05, 0.1) is 23.1 Å². The predicted molar refractivity (Wildman–Crippen MR) is 100 cm³/mol. The summed E-state index contributed by atoms with van der Waals surface area (Å²) in [7, 11) is -3.06. The Labute approximate surface area is 156 Å². The third kappa shape index (κ3) is 4.71. The smallest absolute Gasteiger partial charge is 0.255 e. The number of nitrogens with zero attached hydrogens (tertiary/aromatic N) is 1. The maximum absolute atomic E-state index is 12.3. The van der Waals surface area contributed by atoms with Crippen molar-refractivity contribution in [2.24, 2.45) is 0 Å². The third-order valence-electron chi connectivity index (χ3n) is 4.25. The Morgan fingerprint density at radius 3 is 2.07 bits per heavy atom. The van der Waals surface area contributed by atoms with E-state index in [9.17, 15) is 18.0 Å². The van der Waals surface area contributed by atoms with Crippen molar-refractivity contribution >= 4 is 27.3 Å². The highest BCUT2D eigenvalue weighted by atomic mass is 32.2. The Kier molecular flexibility index (Phi) is 5.23. The van der Waals surface area contributed by atoms with Crippen LogP contribution in [0.4, 0.5) is 5.69 Å². The molecule has 2 amide bonds. The quantitative estimate of drug-likeness (QED) is 0.834. The van der Waals surface area contributed by atoms with Gasteiger partial charge in [0.1, 0.15) is 0 Å². The van der Waals surface area contributed by atoms with E-state index in [2.05, 4.69) is 10.6 Å². The van der Waals surface area contributed by atoms with Crippen molar-refractivity contribution < 1.29 is 18.0 Å². The van der Waals surface area contributed by atoms with E-state index in [1.54, 1.807) is 24.3 Å². The fourth-order valence-corrected chi connectivity index (χ4v) is 4.46. The molecular formula is C19H17N3O4S. The van der Waals surface area contributed by atoms with Crippen molar-refractivity contribution in [1.82, 2.24) is 5.32 Å². The second kappa shape index (κ2) is 7.60. The largest absolute Gasteiger partial charge is 0.348 e. The molecule has 7 nitrogen and oxygen atoms in total. The summed E-state index contributed by atoms with van der Waals surface area (Å²) in [6, 6.07) is 14.2. The van der Waals surface area contributed by atoms with Crippen LogP contribution in [0.15, 0.2) is 48.5 Å². The first kappa shape index (κ1) is 18.6. The average Bonchev–Trinajstić information content (AvgIpc) is 3.00. The number of sulfone groups is 1. The Balaban J connectivity index is 1.61. The van der Waals surface area contributed by atoms with Gasteiger partial charge in [0.25, 0.3) is 11.8 Å². The van der Waals surface area contributed by atoms with E-state index < -0.39 is 9.84 Å². The number of benzene rings is 2. The molecule has 2 aromatic rings. The molecule has 1 unspecified atom stereocenters. The zero-order chi connectivity index (χ0) is 19.4. The van der Waals surface area contributed by atoms with Gasteiger partial charge in [-0.25, -0.2) is 8.42 Å². The lowest BCUT2D eigenvalue weighted by molar-refractivity contribution is 0.0939. The number of anilines is 1. The molecule has 27 heavy (non-hydrogen) atoms. The van der Waals surface area contributed by atoms with E-state index in [0.717, 1.165) is 0 Å². The molecule has 1 fully saturated rings. The van der Waals surface area contributed by atoms with Crippen LogP contribution >= 0.6 is 0 Å². The van der Waals surface area contributed by atoms with Gasteiger partial charge in [-0.1, -0.05) is 0 Å². The van der Waals surface area contributed by atoms with Gasteiger partial charge in [-0.15, -0.1) is 0 Å². The van der Waals surface area contributed by atoms with Crippen LogP contribution in [-0.4, -0.2) is 37.8 Å². The Bertz CT molecular complexity index is 1010. The summed E-state index contributed by atoms with van der Waals surface area (Å²) in [4.78, 5) is 24.5. The Hall–Kier alpha value is -3.18. The van der Waals surface area contributed by atoms with Crippen LogP contribution < -0.4 is 10.6 Å². The van der Waals surface area contributed by atoms with Gasteiger partial charge >= 0.3 is 0 Å². The highest BCUT2D eigenvalue weighted by Crippen LogP contribution is 2.14. The summed E-state index contributed by atoms with van der Waals surface area (Å²) >= 11 is 0. The van der Waals surface area contributed by atoms with Crippen LogP contribution in [0.25, 0.3) is 0 Å². The molecule has 8 heteroatoms. The molecule has 0 aliphatic carbocycles. The maximum atomic E-state index is 12.3. The average molecular weight is 383 g/mol. The topological polar surface area (TPSA) is 116 Å². The summed E-state index contributed by atoms with van der Waals surface area (Å²) < 4.78 is 22.9. The number of nitriles is 1. The molecule has 0 spiro atoms. The second-order valence-electron chi connectivity index (χ2n) is 6.29. The van der Waals surface area contributed by atoms with Crippen molar-refractivity contribution in [3.63, 3.8) is 0 Å². The van der Waals surface area contributed by atoms with Crippen LogP contribution in [0.2, 0.25) is 0 Å². The minimum atomic E-state index is -3.06. The molecule has 138 valence electrons. The summed E-state index contributed by atoms with van der Waals surface area (Å²) in [5.74, 6) is -0.652. The van der Waals surface area contributed by atoms with Gasteiger partial charge < -0.3 is 10.6 Å². The molecule has 0 aromatic heterocycles. The summed E-state index contributed by atoms with van der Waals surface area (Å²) in [6.45, 7) is 0. The molecule has 1 aliphatic heterocycles. The number of amides is 2. The van der Waals surface area contributed by atoms with Gasteiger partial charge in [0.15, 0.2) is 9.84 Å². The molecule has 2 aromatic carbocycles. The molecule has 1 aliphatic rings. The third-order valence-corrected chi connectivity index (χ3v) is 6.02. The monoisotopic (exact) mass is 383 g/mol. The Morgan fingerprint density at radius 2 is 1.56 bits per heavy atom. The SMILES string of the molecule is N#Cc1ccc(NC(=O)c2ccc(C(=O)NC3CCS(=O)(=O)C3)cc2)cc1. The maximum Gasteiger partial charge on any atom is 0.255 e. The standard InChI is InChI=1S/C19H17N3O4S/c20-11-13-1-7-16(8-2-13)21-18(23)14-3-5-15(6-4-14)19(24)22-17-9-10-27(25,26)12-17/h1-8,17H,9-10,12H2,(H,21,23)(H,22,24). The fourth-order valence-electron chi connectivity index (χ4n) is 2.78. The number of nitrogens with one attached hydrogen (secondary N) is 2. The molecule has 1 saturated heterocycles. The first-order valence-electron chi connectivity index (χ1n) is 8.29.